The number of pyridine rings is 1. The van der Waals surface area contributed by atoms with Gasteiger partial charge in [-0.1, -0.05) is 43.7 Å². The first-order valence-corrected chi connectivity index (χ1v) is 11.9. The van der Waals surface area contributed by atoms with Gasteiger partial charge in [-0.15, -0.1) is 24.8 Å². The molecule has 0 bridgehead atoms. The van der Waals surface area contributed by atoms with Crippen LogP contribution in [0, 0.1) is 12.8 Å². The minimum Gasteiger partial charge on any atom is -0.494 e. The van der Waals surface area contributed by atoms with Gasteiger partial charge in [0.15, 0.2) is 0 Å². The molecule has 0 aliphatic rings. The second kappa shape index (κ2) is 14.9. The van der Waals surface area contributed by atoms with Gasteiger partial charge in [0.2, 0.25) is 0 Å². The summed E-state index contributed by atoms with van der Waals surface area (Å²) in [6.07, 6.45) is 2.86. The minimum atomic E-state index is -0.150. The van der Waals surface area contributed by atoms with Gasteiger partial charge in [0.05, 0.1) is 18.7 Å². The second-order valence-electron chi connectivity index (χ2n) is 8.87. The third-order valence-corrected chi connectivity index (χ3v) is 5.64. The Kier molecular flexibility index (Phi) is 13.1. The Balaban J connectivity index is 0.00000306. The van der Waals surface area contributed by atoms with Crippen LogP contribution < -0.4 is 10.5 Å². The molecular formula is C28H38Cl2N2O3. The van der Waals surface area contributed by atoms with E-state index in [0.717, 1.165) is 58.3 Å². The molecule has 2 N–H and O–H groups in total. The lowest BCUT2D eigenvalue weighted by atomic mass is 9.91. The number of nitrogens with zero attached hydrogens (tertiary/aromatic N) is 1. The normalized spacial score (nSPS) is 10.6. The fourth-order valence-corrected chi connectivity index (χ4v) is 4.04. The number of fused-ring (bicyclic) bond motifs is 1. The van der Waals surface area contributed by atoms with E-state index in [4.69, 9.17) is 20.2 Å². The Bertz CT molecular complexity index is 1090. The maximum absolute atomic E-state index is 11.5. The van der Waals surface area contributed by atoms with Crippen LogP contribution >= 0.6 is 24.8 Å². The SMILES string of the molecule is CCOC(=O)CCCCOc1ccc2nc(CC(C)C)c(CN)c(-c3ccc(C)cc3)c2c1.Cl.Cl. The highest BCUT2D eigenvalue weighted by Crippen LogP contribution is 2.36. The quantitative estimate of drug-likeness (QED) is 0.221. The summed E-state index contributed by atoms with van der Waals surface area (Å²) in [7, 11) is 0. The number of nitrogens with two attached hydrogens (primary N) is 1. The summed E-state index contributed by atoms with van der Waals surface area (Å²) in [5, 5.41) is 1.05. The van der Waals surface area contributed by atoms with Crippen molar-refractivity contribution in [3.05, 3.63) is 59.3 Å². The molecule has 0 aliphatic heterocycles. The number of ether oxygens (including phenoxy) is 2. The average Bonchev–Trinajstić information content (AvgIpc) is 2.78. The first-order valence-electron chi connectivity index (χ1n) is 11.9. The molecule has 3 rings (SSSR count). The highest BCUT2D eigenvalue weighted by Gasteiger charge is 2.17. The van der Waals surface area contributed by atoms with Crippen molar-refractivity contribution in [2.24, 2.45) is 11.7 Å². The molecule has 5 nitrogen and oxygen atoms in total. The largest absolute Gasteiger partial charge is 0.494 e. The van der Waals surface area contributed by atoms with Gasteiger partial charge in [-0.3, -0.25) is 9.78 Å². The van der Waals surface area contributed by atoms with Crippen LogP contribution in [0.2, 0.25) is 0 Å². The molecule has 0 radical (unpaired) electrons. The van der Waals surface area contributed by atoms with Crippen LogP contribution in [0.5, 0.6) is 5.75 Å². The van der Waals surface area contributed by atoms with E-state index in [0.29, 0.717) is 32.1 Å². The number of hydrogen-bond acceptors (Lipinski definition) is 5. The molecule has 0 atom stereocenters. The van der Waals surface area contributed by atoms with Crippen LogP contribution in [0.25, 0.3) is 22.0 Å². The molecule has 0 spiro atoms. The number of carbonyl (C=O) groups is 1. The summed E-state index contributed by atoms with van der Waals surface area (Å²) in [6.45, 7) is 9.74. The van der Waals surface area contributed by atoms with Gasteiger partial charge < -0.3 is 15.2 Å². The van der Waals surface area contributed by atoms with Crippen LogP contribution in [0.3, 0.4) is 0 Å². The predicted molar refractivity (Wildman–Crippen MR) is 149 cm³/mol. The molecule has 0 aliphatic carbocycles. The van der Waals surface area contributed by atoms with Gasteiger partial charge >= 0.3 is 5.97 Å². The lowest BCUT2D eigenvalue weighted by Crippen LogP contribution is -2.10. The molecule has 1 heterocycles. The Hall–Kier alpha value is -2.34. The summed E-state index contributed by atoms with van der Waals surface area (Å²) in [6, 6.07) is 14.7. The molecule has 0 saturated carbocycles. The molecule has 2 aromatic carbocycles. The average molecular weight is 522 g/mol. The van der Waals surface area contributed by atoms with Crippen LogP contribution in [-0.2, 0) is 22.5 Å². The summed E-state index contributed by atoms with van der Waals surface area (Å²) in [4.78, 5) is 16.5. The van der Waals surface area contributed by atoms with Gasteiger partial charge in [0.1, 0.15) is 5.75 Å². The van der Waals surface area contributed by atoms with Crippen LogP contribution in [0.1, 0.15) is 56.9 Å². The van der Waals surface area contributed by atoms with E-state index in [1.165, 1.54) is 5.56 Å². The number of esters is 1. The maximum atomic E-state index is 11.5. The van der Waals surface area contributed by atoms with E-state index in [1.54, 1.807) is 0 Å². The zero-order valence-corrected chi connectivity index (χ0v) is 22.8. The number of unbranched alkanes of at least 4 members (excludes halogenated alkanes) is 1. The fraction of sp³-hybridized carbons (Fsp3) is 0.429. The molecule has 7 heteroatoms. The number of rotatable bonds is 11. The van der Waals surface area contributed by atoms with E-state index in [2.05, 4.69) is 51.1 Å². The Morgan fingerprint density at radius 3 is 2.40 bits per heavy atom. The first-order chi connectivity index (χ1) is 15.9. The molecule has 0 unspecified atom stereocenters. The van der Waals surface area contributed by atoms with Crippen LogP contribution in [0.15, 0.2) is 42.5 Å². The standard InChI is InChI=1S/C28H36N2O3.2ClH/c1-5-32-27(31)8-6-7-15-33-22-13-14-25-23(17-22)28(21-11-9-20(4)10-12-21)24(18-29)26(30-25)16-19(2)3;;/h9-14,17,19H,5-8,15-16,18,29H2,1-4H3;2*1H. The Labute approximate surface area is 221 Å². The van der Waals surface area contributed by atoms with Gasteiger partial charge in [-0.25, -0.2) is 0 Å². The molecular weight excluding hydrogens is 483 g/mol. The summed E-state index contributed by atoms with van der Waals surface area (Å²) >= 11 is 0. The number of benzene rings is 2. The predicted octanol–water partition coefficient (Wildman–Crippen LogP) is 6.82. The second-order valence-corrected chi connectivity index (χ2v) is 8.87. The number of aryl methyl sites for hydroxylation is 1. The smallest absolute Gasteiger partial charge is 0.305 e. The molecule has 3 aromatic rings. The molecule has 1 aromatic heterocycles. The van der Waals surface area contributed by atoms with Crippen LogP contribution in [-0.4, -0.2) is 24.2 Å². The van der Waals surface area contributed by atoms with E-state index in [9.17, 15) is 4.79 Å². The zero-order chi connectivity index (χ0) is 23.8. The first kappa shape index (κ1) is 30.7. The summed E-state index contributed by atoms with van der Waals surface area (Å²) in [5.41, 5.74) is 12.9. The summed E-state index contributed by atoms with van der Waals surface area (Å²) < 4.78 is 11.0. The number of aromatic nitrogens is 1. The molecule has 192 valence electrons. The molecule has 0 amide bonds. The Morgan fingerprint density at radius 1 is 1.06 bits per heavy atom. The van der Waals surface area contributed by atoms with Crippen molar-refractivity contribution >= 4 is 41.7 Å². The number of halogens is 2. The highest BCUT2D eigenvalue weighted by atomic mass is 35.5. The minimum absolute atomic E-state index is 0. The topological polar surface area (TPSA) is 74.4 Å². The highest BCUT2D eigenvalue weighted by molar-refractivity contribution is 5.97. The van der Waals surface area contributed by atoms with Gasteiger partial charge in [-0.05, 0) is 73.9 Å². The van der Waals surface area contributed by atoms with Crippen LogP contribution in [0.4, 0.5) is 0 Å². The van der Waals surface area contributed by atoms with Crippen molar-refractivity contribution in [2.45, 2.75) is 59.9 Å². The number of hydrogen-bond donors (Lipinski definition) is 1. The van der Waals surface area contributed by atoms with Crippen molar-refractivity contribution in [1.82, 2.24) is 4.98 Å². The van der Waals surface area contributed by atoms with Crippen molar-refractivity contribution in [3.8, 4) is 16.9 Å². The number of carbonyl (C=O) groups excluding carboxylic acids is 1. The van der Waals surface area contributed by atoms with Gasteiger partial charge in [-0.2, -0.15) is 0 Å². The lowest BCUT2D eigenvalue weighted by Gasteiger charge is -2.18. The van der Waals surface area contributed by atoms with E-state index in [-0.39, 0.29) is 30.8 Å². The third-order valence-electron chi connectivity index (χ3n) is 5.64. The van der Waals surface area contributed by atoms with Gasteiger partial charge in [0.25, 0.3) is 0 Å². The zero-order valence-electron chi connectivity index (χ0n) is 21.1. The van der Waals surface area contributed by atoms with Gasteiger partial charge in [0, 0.05) is 24.0 Å². The van der Waals surface area contributed by atoms with Crippen molar-refractivity contribution in [3.63, 3.8) is 0 Å². The van der Waals surface area contributed by atoms with E-state index < -0.39 is 0 Å². The maximum Gasteiger partial charge on any atom is 0.305 e. The monoisotopic (exact) mass is 520 g/mol. The Morgan fingerprint density at radius 2 is 1.77 bits per heavy atom. The summed E-state index contributed by atoms with van der Waals surface area (Å²) in [5.74, 6) is 1.14. The molecule has 0 saturated heterocycles. The molecule has 35 heavy (non-hydrogen) atoms. The van der Waals surface area contributed by atoms with Crippen molar-refractivity contribution in [1.29, 1.82) is 0 Å². The van der Waals surface area contributed by atoms with E-state index >= 15 is 0 Å². The van der Waals surface area contributed by atoms with E-state index in [1.807, 2.05) is 19.1 Å². The van der Waals surface area contributed by atoms with Crippen molar-refractivity contribution in [2.75, 3.05) is 13.2 Å². The lowest BCUT2D eigenvalue weighted by molar-refractivity contribution is -0.143. The third kappa shape index (κ3) is 8.38. The molecule has 0 fully saturated rings. The fourth-order valence-electron chi connectivity index (χ4n) is 4.04. The van der Waals surface area contributed by atoms with Crippen molar-refractivity contribution < 1.29 is 14.3 Å².